The highest BCUT2D eigenvalue weighted by Crippen LogP contribution is 2.37. The molecule has 0 N–H and O–H groups in total. The summed E-state index contributed by atoms with van der Waals surface area (Å²) in [7, 11) is 0. The molecule has 0 amide bonds. The molecule has 0 spiro atoms. The summed E-state index contributed by atoms with van der Waals surface area (Å²) < 4.78 is 0. The van der Waals surface area contributed by atoms with E-state index in [1.807, 2.05) is 0 Å². The smallest absolute Gasteiger partial charge is 0.00642 e. The van der Waals surface area contributed by atoms with E-state index in [1.165, 1.54) is 33.0 Å². The van der Waals surface area contributed by atoms with Crippen LogP contribution in [-0.2, 0) is 6.42 Å². The van der Waals surface area contributed by atoms with Crippen molar-refractivity contribution in [3.63, 3.8) is 0 Å². The fraction of sp³-hybridized carbons (Fsp3) is 0.0526. The Morgan fingerprint density at radius 3 is 2.47 bits per heavy atom. The highest BCUT2D eigenvalue weighted by molar-refractivity contribution is 6.01. The Labute approximate surface area is 113 Å². The molecule has 19 heavy (non-hydrogen) atoms. The molecule has 0 bridgehead atoms. The van der Waals surface area contributed by atoms with Crippen molar-refractivity contribution in [2.24, 2.45) is 0 Å². The summed E-state index contributed by atoms with van der Waals surface area (Å²) in [5.41, 5.74) is 5.56. The maximum Gasteiger partial charge on any atom is -0.00642 e. The molecular weight excluding hydrogens is 228 g/mol. The van der Waals surface area contributed by atoms with Crippen LogP contribution in [0.2, 0.25) is 0 Å². The van der Waals surface area contributed by atoms with Gasteiger partial charge in [0.25, 0.3) is 0 Å². The number of hydrogen-bond acceptors (Lipinski definition) is 0. The van der Waals surface area contributed by atoms with Crippen molar-refractivity contribution in [1.82, 2.24) is 0 Å². The molecule has 0 saturated heterocycles. The standard InChI is InChI=1S/C19H14/c1-2-7-14(8-3-1)19-17-11-5-4-9-15(17)13-16-10-6-12-18(16)19/h1-11,13H,12H2. The van der Waals surface area contributed by atoms with Crippen molar-refractivity contribution in [3.05, 3.63) is 77.9 Å². The average Bonchev–Trinajstić information content (AvgIpc) is 2.93. The zero-order chi connectivity index (χ0) is 12.7. The first-order valence-electron chi connectivity index (χ1n) is 6.70. The maximum atomic E-state index is 2.31. The van der Waals surface area contributed by atoms with Crippen LogP contribution in [0.15, 0.2) is 66.7 Å². The van der Waals surface area contributed by atoms with Crippen LogP contribution >= 0.6 is 0 Å². The van der Waals surface area contributed by atoms with Crippen LogP contribution in [0.1, 0.15) is 11.1 Å². The van der Waals surface area contributed by atoms with Gasteiger partial charge in [0.1, 0.15) is 0 Å². The van der Waals surface area contributed by atoms with Crippen molar-refractivity contribution < 1.29 is 0 Å². The van der Waals surface area contributed by atoms with Gasteiger partial charge in [0, 0.05) is 0 Å². The molecule has 0 radical (unpaired) electrons. The molecule has 0 heteroatoms. The molecule has 90 valence electrons. The number of benzene rings is 3. The molecule has 3 aromatic carbocycles. The largest absolute Gasteiger partial charge is 0.0795 e. The molecular formula is C19H14. The first-order chi connectivity index (χ1) is 9.43. The van der Waals surface area contributed by atoms with Gasteiger partial charge in [0.05, 0.1) is 0 Å². The van der Waals surface area contributed by atoms with E-state index in [2.05, 4.69) is 72.8 Å². The molecule has 3 aromatic rings. The third-order valence-electron chi connectivity index (χ3n) is 3.87. The van der Waals surface area contributed by atoms with E-state index < -0.39 is 0 Å². The predicted octanol–water partition coefficient (Wildman–Crippen LogP) is 5.08. The molecule has 0 atom stereocenters. The first-order valence-corrected chi connectivity index (χ1v) is 6.70. The molecule has 0 saturated carbocycles. The van der Waals surface area contributed by atoms with Gasteiger partial charge in [-0.2, -0.15) is 0 Å². The van der Waals surface area contributed by atoms with Gasteiger partial charge < -0.3 is 0 Å². The van der Waals surface area contributed by atoms with E-state index in [4.69, 9.17) is 0 Å². The van der Waals surface area contributed by atoms with Crippen LogP contribution in [-0.4, -0.2) is 0 Å². The highest BCUT2D eigenvalue weighted by Gasteiger charge is 2.15. The minimum absolute atomic E-state index is 1.05. The van der Waals surface area contributed by atoms with Crippen molar-refractivity contribution in [2.75, 3.05) is 0 Å². The fourth-order valence-electron chi connectivity index (χ4n) is 3.02. The number of rotatable bonds is 1. The van der Waals surface area contributed by atoms with E-state index >= 15 is 0 Å². The lowest BCUT2D eigenvalue weighted by Gasteiger charge is -2.13. The number of hydrogen-bond donors (Lipinski definition) is 0. The van der Waals surface area contributed by atoms with Gasteiger partial charge in [-0.1, -0.05) is 66.7 Å². The Kier molecular flexibility index (Phi) is 2.28. The van der Waals surface area contributed by atoms with Crippen molar-refractivity contribution in [3.8, 4) is 11.1 Å². The van der Waals surface area contributed by atoms with E-state index in [-0.39, 0.29) is 0 Å². The summed E-state index contributed by atoms with van der Waals surface area (Å²) in [6.07, 6.45) is 5.55. The van der Waals surface area contributed by atoms with E-state index in [0.717, 1.165) is 6.42 Å². The Morgan fingerprint density at radius 1 is 0.789 bits per heavy atom. The van der Waals surface area contributed by atoms with Crippen LogP contribution in [0.25, 0.3) is 28.0 Å². The van der Waals surface area contributed by atoms with Gasteiger partial charge >= 0.3 is 0 Å². The summed E-state index contributed by atoms with van der Waals surface area (Å²) in [5, 5.41) is 2.68. The lowest BCUT2D eigenvalue weighted by atomic mass is 9.90. The summed E-state index contributed by atoms with van der Waals surface area (Å²) in [4.78, 5) is 0. The van der Waals surface area contributed by atoms with Gasteiger partial charge in [-0.3, -0.25) is 0 Å². The Hall–Kier alpha value is -2.34. The second-order valence-electron chi connectivity index (χ2n) is 5.01. The second-order valence-corrected chi connectivity index (χ2v) is 5.01. The Bertz CT molecular complexity index is 780. The van der Waals surface area contributed by atoms with Crippen molar-refractivity contribution in [1.29, 1.82) is 0 Å². The zero-order valence-corrected chi connectivity index (χ0v) is 10.6. The SMILES string of the molecule is C1=Cc2cc3ccccc3c(-c3ccccc3)c2C1. The third-order valence-corrected chi connectivity index (χ3v) is 3.87. The van der Waals surface area contributed by atoms with Crippen LogP contribution in [0, 0.1) is 0 Å². The van der Waals surface area contributed by atoms with Gasteiger partial charge in [-0.25, -0.2) is 0 Å². The fourth-order valence-corrected chi connectivity index (χ4v) is 3.02. The monoisotopic (exact) mass is 242 g/mol. The molecule has 1 aliphatic rings. The van der Waals surface area contributed by atoms with Crippen molar-refractivity contribution >= 4 is 16.8 Å². The molecule has 0 unspecified atom stereocenters. The number of allylic oxidation sites excluding steroid dienone is 1. The average molecular weight is 242 g/mol. The van der Waals surface area contributed by atoms with Gasteiger partial charge in [-0.05, 0) is 45.5 Å². The van der Waals surface area contributed by atoms with Gasteiger partial charge in [-0.15, -0.1) is 0 Å². The summed E-state index contributed by atoms with van der Waals surface area (Å²) in [5.74, 6) is 0. The molecule has 0 fully saturated rings. The minimum Gasteiger partial charge on any atom is -0.0795 e. The molecule has 0 heterocycles. The van der Waals surface area contributed by atoms with Crippen LogP contribution in [0.4, 0.5) is 0 Å². The summed E-state index contributed by atoms with van der Waals surface area (Å²) >= 11 is 0. The molecule has 1 aliphatic carbocycles. The van der Waals surface area contributed by atoms with Gasteiger partial charge in [0.15, 0.2) is 0 Å². The number of fused-ring (bicyclic) bond motifs is 2. The molecule has 4 rings (SSSR count). The first kappa shape index (κ1) is 10.6. The lowest BCUT2D eigenvalue weighted by molar-refractivity contribution is 1.32. The Balaban J connectivity index is 2.14. The van der Waals surface area contributed by atoms with Crippen LogP contribution in [0.5, 0.6) is 0 Å². The Morgan fingerprint density at radius 2 is 1.58 bits per heavy atom. The van der Waals surface area contributed by atoms with Crippen LogP contribution in [0.3, 0.4) is 0 Å². The quantitative estimate of drug-likeness (QED) is 0.558. The topological polar surface area (TPSA) is 0 Å². The minimum atomic E-state index is 1.05. The predicted molar refractivity (Wildman–Crippen MR) is 82.1 cm³/mol. The lowest BCUT2D eigenvalue weighted by Crippen LogP contribution is -1.91. The highest BCUT2D eigenvalue weighted by atomic mass is 14.2. The third kappa shape index (κ3) is 1.61. The van der Waals surface area contributed by atoms with Crippen LogP contribution < -0.4 is 0 Å². The summed E-state index contributed by atoms with van der Waals surface area (Å²) in [6, 6.07) is 21.7. The zero-order valence-electron chi connectivity index (χ0n) is 10.6. The molecule has 0 nitrogen and oxygen atoms in total. The molecule has 0 aliphatic heterocycles. The maximum absolute atomic E-state index is 2.31. The summed E-state index contributed by atoms with van der Waals surface area (Å²) in [6.45, 7) is 0. The van der Waals surface area contributed by atoms with Gasteiger partial charge in [0.2, 0.25) is 0 Å². The van der Waals surface area contributed by atoms with Crippen molar-refractivity contribution in [2.45, 2.75) is 6.42 Å². The van der Waals surface area contributed by atoms with E-state index in [0.29, 0.717) is 0 Å². The second kappa shape index (κ2) is 4.10. The van der Waals surface area contributed by atoms with E-state index in [1.54, 1.807) is 0 Å². The molecule has 0 aromatic heterocycles. The normalized spacial score (nSPS) is 12.8. The van der Waals surface area contributed by atoms with E-state index in [9.17, 15) is 0 Å².